The first-order valence-electron chi connectivity index (χ1n) is 10.2. The number of hydrogen-bond donors (Lipinski definition) is 2. The van der Waals surface area contributed by atoms with E-state index in [0.717, 1.165) is 43.0 Å². The summed E-state index contributed by atoms with van der Waals surface area (Å²) >= 11 is 0.983. The number of piperidine rings is 1. The van der Waals surface area contributed by atoms with Crippen LogP contribution < -0.4 is 10.6 Å². The second kappa shape index (κ2) is 10.2. The third kappa shape index (κ3) is 6.27. The number of nitrogens with zero attached hydrogens (tertiary/aromatic N) is 2. The molecule has 0 radical (unpaired) electrons. The largest absolute Gasteiger partial charge is 0.417 e. The van der Waals surface area contributed by atoms with Gasteiger partial charge in [-0.2, -0.15) is 13.2 Å². The number of amides is 2. The molecule has 2 heterocycles. The molecule has 10 heteroatoms. The molecule has 31 heavy (non-hydrogen) atoms. The van der Waals surface area contributed by atoms with Gasteiger partial charge in [0.2, 0.25) is 0 Å². The molecule has 0 aliphatic carbocycles. The topological polar surface area (TPSA) is 74.3 Å². The van der Waals surface area contributed by atoms with E-state index in [-0.39, 0.29) is 16.7 Å². The fourth-order valence-corrected chi connectivity index (χ4v) is 4.28. The van der Waals surface area contributed by atoms with Crippen LogP contribution in [0.1, 0.15) is 59.0 Å². The van der Waals surface area contributed by atoms with E-state index in [1.54, 1.807) is 0 Å². The average molecular weight is 455 g/mol. The van der Waals surface area contributed by atoms with Crippen LogP contribution in [0.25, 0.3) is 0 Å². The summed E-state index contributed by atoms with van der Waals surface area (Å²) < 4.78 is 39.3. The van der Waals surface area contributed by atoms with Crippen LogP contribution in [-0.4, -0.2) is 47.4 Å². The van der Waals surface area contributed by atoms with Crippen molar-refractivity contribution in [3.05, 3.63) is 46.5 Å². The van der Waals surface area contributed by atoms with E-state index in [1.807, 2.05) is 0 Å². The lowest BCUT2D eigenvalue weighted by Gasteiger charge is -2.33. The molecule has 2 aromatic rings. The van der Waals surface area contributed by atoms with E-state index in [9.17, 15) is 22.8 Å². The van der Waals surface area contributed by atoms with Crippen LogP contribution >= 0.6 is 11.3 Å². The molecule has 1 aliphatic rings. The highest BCUT2D eigenvalue weighted by molar-refractivity contribution is 7.14. The van der Waals surface area contributed by atoms with Crippen LogP contribution in [0.4, 0.5) is 18.3 Å². The summed E-state index contributed by atoms with van der Waals surface area (Å²) in [6, 6.07) is 5.09. The summed E-state index contributed by atoms with van der Waals surface area (Å²) in [5.41, 5.74) is -1.40. The minimum Gasteiger partial charge on any atom is -0.351 e. The quantitative estimate of drug-likeness (QED) is 0.608. The van der Waals surface area contributed by atoms with Gasteiger partial charge in [0.1, 0.15) is 5.69 Å². The van der Waals surface area contributed by atoms with Gasteiger partial charge in [-0.25, -0.2) is 4.98 Å². The predicted octanol–water partition coefficient (Wildman–Crippen LogP) is 4.41. The van der Waals surface area contributed by atoms with E-state index in [0.29, 0.717) is 12.6 Å². The summed E-state index contributed by atoms with van der Waals surface area (Å²) in [5, 5.41) is 6.67. The Labute approximate surface area is 182 Å². The standard InChI is InChI=1S/C21H25F3N4O2S/c1-14-7-4-5-11-28(14)12-6-10-25-19(30)17-13-31-20(26-17)27-18(29)15-8-2-3-9-16(15)21(22,23)24/h2-3,8-9,13-14H,4-7,10-12H2,1H3,(H,25,30)(H,26,27,29)/t14-/m0/s1. The Hall–Kier alpha value is -2.46. The predicted molar refractivity (Wildman–Crippen MR) is 113 cm³/mol. The summed E-state index contributed by atoms with van der Waals surface area (Å²) in [7, 11) is 0. The fraction of sp³-hybridized carbons (Fsp3) is 0.476. The molecule has 2 amide bonds. The van der Waals surface area contributed by atoms with Crippen molar-refractivity contribution in [2.45, 2.75) is 44.8 Å². The van der Waals surface area contributed by atoms with Gasteiger partial charge in [0.25, 0.3) is 11.8 Å². The molecule has 1 fully saturated rings. The number of carbonyl (C=O) groups is 2. The van der Waals surface area contributed by atoms with Crippen molar-refractivity contribution < 1.29 is 22.8 Å². The molecule has 1 saturated heterocycles. The van der Waals surface area contributed by atoms with Crippen molar-refractivity contribution in [1.29, 1.82) is 0 Å². The van der Waals surface area contributed by atoms with Crippen molar-refractivity contribution in [1.82, 2.24) is 15.2 Å². The second-order valence-electron chi connectivity index (χ2n) is 7.53. The number of likely N-dealkylation sites (tertiary alicyclic amines) is 1. The van der Waals surface area contributed by atoms with Crippen LogP contribution in [-0.2, 0) is 6.18 Å². The van der Waals surface area contributed by atoms with Gasteiger partial charge in [-0.3, -0.25) is 14.9 Å². The molecule has 168 valence electrons. The van der Waals surface area contributed by atoms with Crippen LogP contribution in [0.3, 0.4) is 0 Å². The number of halogens is 3. The Kier molecular flexibility index (Phi) is 7.66. The van der Waals surface area contributed by atoms with Gasteiger partial charge in [-0.05, 0) is 44.9 Å². The Bertz CT molecular complexity index is 916. The van der Waals surface area contributed by atoms with Gasteiger partial charge in [0, 0.05) is 24.5 Å². The molecule has 3 rings (SSSR count). The van der Waals surface area contributed by atoms with Crippen molar-refractivity contribution in [3.8, 4) is 0 Å². The van der Waals surface area contributed by atoms with Gasteiger partial charge < -0.3 is 10.2 Å². The third-order valence-electron chi connectivity index (χ3n) is 5.28. The highest BCUT2D eigenvalue weighted by Crippen LogP contribution is 2.32. The van der Waals surface area contributed by atoms with Gasteiger partial charge in [0.05, 0.1) is 11.1 Å². The highest BCUT2D eigenvalue weighted by atomic mass is 32.1. The van der Waals surface area contributed by atoms with Crippen LogP contribution in [0.2, 0.25) is 0 Å². The molecule has 1 aliphatic heterocycles. The first-order chi connectivity index (χ1) is 14.8. The monoisotopic (exact) mass is 454 g/mol. The number of rotatable bonds is 7. The van der Waals surface area contributed by atoms with Gasteiger partial charge in [0.15, 0.2) is 5.13 Å². The number of nitrogens with one attached hydrogen (secondary N) is 2. The Morgan fingerprint density at radius 1 is 1.23 bits per heavy atom. The first kappa shape index (κ1) is 23.2. The molecule has 6 nitrogen and oxygen atoms in total. The molecule has 0 saturated carbocycles. The summed E-state index contributed by atoms with van der Waals surface area (Å²) in [4.78, 5) is 31.0. The number of hydrogen-bond acceptors (Lipinski definition) is 5. The van der Waals surface area contributed by atoms with Crippen molar-refractivity contribution in [2.24, 2.45) is 0 Å². The number of benzene rings is 1. The van der Waals surface area contributed by atoms with E-state index in [2.05, 4.69) is 27.4 Å². The number of alkyl halides is 3. The maximum atomic E-state index is 13.1. The van der Waals surface area contributed by atoms with Crippen molar-refractivity contribution in [2.75, 3.05) is 25.0 Å². The van der Waals surface area contributed by atoms with E-state index in [1.165, 1.54) is 36.8 Å². The summed E-state index contributed by atoms with van der Waals surface area (Å²) in [5.74, 6) is -1.30. The van der Waals surface area contributed by atoms with Crippen molar-refractivity contribution in [3.63, 3.8) is 0 Å². The zero-order valence-electron chi connectivity index (χ0n) is 17.2. The lowest BCUT2D eigenvalue weighted by atomic mass is 10.0. The van der Waals surface area contributed by atoms with E-state index >= 15 is 0 Å². The van der Waals surface area contributed by atoms with Crippen LogP contribution in [0.5, 0.6) is 0 Å². The van der Waals surface area contributed by atoms with Crippen LogP contribution in [0, 0.1) is 0 Å². The minimum absolute atomic E-state index is 0.0641. The molecule has 0 spiro atoms. The SMILES string of the molecule is C[C@H]1CCCCN1CCCNC(=O)c1csc(NC(=O)c2ccccc2C(F)(F)F)n1. The van der Waals surface area contributed by atoms with Gasteiger partial charge in [-0.15, -0.1) is 11.3 Å². The van der Waals surface area contributed by atoms with Gasteiger partial charge in [-0.1, -0.05) is 18.6 Å². The molecule has 0 unspecified atom stereocenters. The maximum absolute atomic E-state index is 13.1. The average Bonchev–Trinajstić information content (AvgIpc) is 3.20. The van der Waals surface area contributed by atoms with E-state index in [4.69, 9.17) is 0 Å². The normalized spacial score (nSPS) is 17.4. The number of aromatic nitrogens is 1. The summed E-state index contributed by atoms with van der Waals surface area (Å²) in [6.45, 7) is 4.72. The van der Waals surface area contributed by atoms with Crippen LogP contribution in [0.15, 0.2) is 29.6 Å². The lowest BCUT2D eigenvalue weighted by Crippen LogP contribution is -2.39. The number of carbonyl (C=O) groups excluding carboxylic acids is 2. The zero-order chi connectivity index (χ0) is 22.4. The van der Waals surface area contributed by atoms with Crippen molar-refractivity contribution >= 4 is 28.3 Å². The number of anilines is 1. The fourth-order valence-electron chi connectivity index (χ4n) is 3.59. The smallest absolute Gasteiger partial charge is 0.351 e. The molecule has 2 N–H and O–H groups in total. The first-order valence-corrected chi connectivity index (χ1v) is 11.1. The Morgan fingerprint density at radius 3 is 2.74 bits per heavy atom. The molecule has 0 bridgehead atoms. The highest BCUT2D eigenvalue weighted by Gasteiger charge is 2.35. The zero-order valence-corrected chi connectivity index (χ0v) is 18.0. The van der Waals surface area contributed by atoms with E-state index < -0.39 is 23.2 Å². The molecule has 1 aromatic heterocycles. The minimum atomic E-state index is -4.64. The number of thiazole rings is 1. The second-order valence-corrected chi connectivity index (χ2v) is 8.38. The molecule has 1 atom stereocenters. The summed E-state index contributed by atoms with van der Waals surface area (Å²) in [6.07, 6.45) is -0.157. The Balaban J connectivity index is 1.51. The molecule has 1 aromatic carbocycles. The Morgan fingerprint density at radius 2 is 2.00 bits per heavy atom. The molecular weight excluding hydrogens is 429 g/mol. The van der Waals surface area contributed by atoms with Gasteiger partial charge >= 0.3 is 6.18 Å². The third-order valence-corrected chi connectivity index (χ3v) is 6.04. The molecular formula is C21H25F3N4O2S. The maximum Gasteiger partial charge on any atom is 0.417 e. The lowest BCUT2D eigenvalue weighted by molar-refractivity contribution is -0.137.